The van der Waals surface area contributed by atoms with Crippen LogP contribution in [0.2, 0.25) is 5.02 Å². The molecule has 0 amide bonds. The summed E-state index contributed by atoms with van der Waals surface area (Å²) in [6, 6.07) is 7.87. The standard InChI is InChI=1S/C20H25ClN4S/c1-3-10-25(13-20-24-15(2)14-26-20)11-4-8-22-18-7-9-23-19-12-16(21)5-6-17(18)19/h5-7,9,12,14H,3-4,8,10-11,13H2,1-2H3,(H,22,23). The lowest BCUT2D eigenvalue weighted by Crippen LogP contribution is -2.26. The van der Waals surface area contributed by atoms with Gasteiger partial charge < -0.3 is 5.32 Å². The number of nitrogens with zero attached hydrogens (tertiary/aromatic N) is 3. The molecule has 0 aliphatic heterocycles. The Morgan fingerprint density at radius 2 is 2.12 bits per heavy atom. The van der Waals surface area contributed by atoms with Crippen LogP contribution in [-0.2, 0) is 6.54 Å². The first kappa shape index (κ1) is 19.1. The summed E-state index contributed by atoms with van der Waals surface area (Å²) in [5.41, 5.74) is 3.16. The molecule has 3 rings (SSSR count). The van der Waals surface area contributed by atoms with Gasteiger partial charge in [-0.25, -0.2) is 4.98 Å². The lowest BCUT2D eigenvalue weighted by molar-refractivity contribution is 0.264. The van der Waals surface area contributed by atoms with E-state index in [1.54, 1.807) is 11.3 Å². The summed E-state index contributed by atoms with van der Waals surface area (Å²) in [5, 5.41) is 8.71. The fraction of sp³-hybridized carbons (Fsp3) is 0.400. The van der Waals surface area contributed by atoms with E-state index in [0.29, 0.717) is 0 Å². The molecular formula is C20H25ClN4S. The molecule has 0 radical (unpaired) electrons. The highest BCUT2D eigenvalue weighted by atomic mass is 35.5. The second-order valence-corrected chi connectivity index (χ2v) is 7.84. The van der Waals surface area contributed by atoms with Gasteiger partial charge in [-0.1, -0.05) is 18.5 Å². The van der Waals surface area contributed by atoms with E-state index in [4.69, 9.17) is 11.6 Å². The molecule has 1 N–H and O–H groups in total. The molecule has 0 bridgehead atoms. The van der Waals surface area contributed by atoms with Gasteiger partial charge >= 0.3 is 0 Å². The molecule has 26 heavy (non-hydrogen) atoms. The quantitative estimate of drug-likeness (QED) is 0.500. The molecule has 0 aliphatic carbocycles. The Labute approximate surface area is 164 Å². The third-order valence-electron chi connectivity index (χ3n) is 4.24. The van der Waals surface area contributed by atoms with Crippen molar-refractivity contribution in [2.45, 2.75) is 33.2 Å². The van der Waals surface area contributed by atoms with Crippen LogP contribution in [0, 0.1) is 6.92 Å². The Morgan fingerprint density at radius 3 is 2.88 bits per heavy atom. The number of rotatable bonds is 9. The van der Waals surface area contributed by atoms with Crippen LogP contribution in [0.25, 0.3) is 10.9 Å². The van der Waals surface area contributed by atoms with E-state index in [1.807, 2.05) is 30.5 Å². The second-order valence-electron chi connectivity index (χ2n) is 6.46. The Hall–Kier alpha value is -1.69. The number of anilines is 1. The maximum absolute atomic E-state index is 6.06. The van der Waals surface area contributed by atoms with E-state index in [0.717, 1.165) is 66.3 Å². The first-order valence-corrected chi connectivity index (χ1v) is 10.3. The van der Waals surface area contributed by atoms with E-state index < -0.39 is 0 Å². The zero-order valence-electron chi connectivity index (χ0n) is 15.3. The molecular weight excluding hydrogens is 364 g/mol. The molecule has 3 aromatic rings. The molecule has 2 aromatic heterocycles. The summed E-state index contributed by atoms with van der Waals surface area (Å²) < 4.78 is 0. The minimum absolute atomic E-state index is 0.717. The second kappa shape index (κ2) is 9.31. The molecule has 2 heterocycles. The highest BCUT2D eigenvalue weighted by Crippen LogP contribution is 2.24. The zero-order chi connectivity index (χ0) is 18.4. The van der Waals surface area contributed by atoms with Crippen LogP contribution in [0.3, 0.4) is 0 Å². The largest absolute Gasteiger partial charge is 0.384 e. The van der Waals surface area contributed by atoms with Crippen LogP contribution in [-0.4, -0.2) is 34.5 Å². The van der Waals surface area contributed by atoms with Crippen LogP contribution in [0.5, 0.6) is 0 Å². The number of thiazole rings is 1. The number of benzene rings is 1. The first-order valence-electron chi connectivity index (χ1n) is 9.07. The van der Waals surface area contributed by atoms with E-state index >= 15 is 0 Å². The van der Waals surface area contributed by atoms with Crippen LogP contribution in [0.15, 0.2) is 35.8 Å². The van der Waals surface area contributed by atoms with Gasteiger partial charge in [0.05, 0.1) is 12.1 Å². The van der Waals surface area contributed by atoms with Gasteiger partial charge in [0.1, 0.15) is 5.01 Å². The molecule has 1 aromatic carbocycles. The van der Waals surface area contributed by atoms with E-state index in [-0.39, 0.29) is 0 Å². The molecule has 0 saturated heterocycles. The van der Waals surface area contributed by atoms with Crippen molar-refractivity contribution in [1.82, 2.24) is 14.9 Å². The molecule has 0 atom stereocenters. The fourth-order valence-electron chi connectivity index (χ4n) is 3.05. The van der Waals surface area contributed by atoms with Crippen molar-refractivity contribution >= 4 is 39.5 Å². The van der Waals surface area contributed by atoms with E-state index in [1.165, 1.54) is 5.01 Å². The zero-order valence-corrected chi connectivity index (χ0v) is 16.9. The lowest BCUT2D eigenvalue weighted by atomic mass is 10.2. The molecule has 4 nitrogen and oxygen atoms in total. The molecule has 6 heteroatoms. The molecule has 138 valence electrons. The van der Waals surface area contributed by atoms with Crippen LogP contribution < -0.4 is 5.32 Å². The summed E-state index contributed by atoms with van der Waals surface area (Å²) in [6.45, 7) is 8.33. The van der Waals surface area contributed by atoms with Gasteiger partial charge in [0.2, 0.25) is 0 Å². The van der Waals surface area contributed by atoms with Gasteiger partial charge in [0.15, 0.2) is 0 Å². The Kier molecular flexibility index (Phi) is 6.83. The highest BCUT2D eigenvalue weighted by Gasteiger charge is 2.08. The summed E-state index contributed by atoms with van der Waals surface area (Å²) in [6.07, 6.45) is 4.07. The summed E-state index contributed by atoms with van der Waals surface area (Å²) in [4.78, 5) is 11.5. The van der Waals surface area contributed by atoms with Crippen molar-refractivity contribution in [3.05, 3.63) is 51.6 Å². The summed E-state index contributed by atoms with van der Waals surface area (Å²) in [7, 11) is 0. The van der Waals surface area contributed by atoms with Crippen molar-refractivity contribution in [2.75, 3.05) is 25.0 Å². The normalized spacial score (nSPS) is 11.4. The van der Waals surface area contributed by atoms with Gasteiger partial charge in [-0.3, -0.25) is 9.88 Å². The van der Waals surface area contributed by atoms with Gasteiger partial charge in [-0.15, -0.1) is 11.3 Å². The van der Waals surface area contributed by atoms with Crippen LogP contribution >= 0.6 is 22.9 Å². The predicted octanol–water partition coefficient (Wildman–Crippen LogP) is 5.37. The molecule has 0 spiro atoms. The number of aromatic nitrogens is 2. The SMILES string of the molecule is CCCN(CCCNc1ccnc2cc(Cl)ccc12)Cc1nc(C)cs1. The van der Waals surface area contributed by atoms with Crippen molar-refractivity contribution in [2.24, 2.45) is 0 Å². The lowest BCUT2D eigenvalue weighted by Gasteiger charge is -2.20. The summed E-state index contributed by atoms with van der Waals surface area (Å²) in [5.74, 6) is 0. The number of hydrogen-bond acceptors (Lipinski definition) is 5. The van der Waals surface area contributed by atoms with Crippen LogP contribution in [0.4, 0.5) is 5.69 Å². The fourth-order valence-corrected chi connectivity index (χ4v) is 4.03. The van der Waals surface area contributed by atoms with Crippen molar-refractivity contribution in [3.63, 3.8) is 0 Å². The average Bonchev–Trinajstić information content (AvgIpc) is 3.03. The van der Waals surface area contributed by atoms with Gasteiger partial charge in [-0.05, 0) is 50.6 Å². The molecule has 0 aliphatic rings. The summed E-state index contributed by atoms with van der Waals surface area (Å²) >= 11 is 7.82. The number of pyridine rings is 1. The van der Waals surface area contributed by atoms with Crippen molar-refractivity contribution < 1.29 is 0 Å². The number of aryl methyl sites for hydroxylation is 1. The number of halogens is 1. The van der Waals surface area contributed by atoms with Crippen molar-refractivity contribution in [1.29, 1.82) is 0 Å². The monoisotopic (exact) mass is 388 g/mol. The average molecular weight is 389 g/mol. The number of fused-ring (bicyclic) bond motifs is 1. The van der Waals surface area contributed by atoms with E-state index in [9.17, 15) is 0 Å². The maximum atomic E-state index is 6.06. The smallest absolute Gasteiger partial charge is 0.107 e. The molecule has 0 saturated carbocycles. The maximum Gasteiger partial charge on any atom is 0.107 e. The topological polar surface area (TPSA) is 41.0 Å². The third-order valence-corrected chi connectivity index (χ3v) is 5.42. The Morgan fingerprint density at radius 1 is 1.23 bits per heavy atom. The Bertz CT molecular complexity index is 849. The predicted molar refractivity (Wildman–Crippen MR) is 112 cm³/mol. The molecule has 0 fully saturated rings. The highest BCUT2D eigenvalue weighted by molar-refractivity contribution is 7.09. The van der Waals surface area contributed by atoms with Gasteiger partial charge in [-0.2, -0.15) is 0 Å². The number of nitrogens with one attached hydrogen (secondary N) is 1. The first-order chi connectivity index (χ1) is 12.7. The molecule has 0 unspecified atom stereocenters. The van der Waals surface area contributed by atoms with Gasteiger partial charge in [0, 0.05) is 46.5 Å². The third kappa shape index (κ3) is 5.16. The van der Waals surface area contributed by atoms with E-state index in [2.05, 4.69) is 39.4 Å². The Balaban J connectivity index is 1.53. The minimum atomic E-state index is 0.717. The number of hydrogen-bond donors (Lipinski definition) is 1. The minimum Gasteiger partial charge on any atom is -0.384 e. The van der Waals surface area contributed by atoms with Crippen molar-refractivity contribution in [3.8, 4) is 0 Å². The van der Waals surface area contributed by atoms with Gasteiger partial charge in [0.25, 0.3) is 0 Å². The van der Waals surface area contributed by atoms with Crippen LogP contribution in [0.1, 0.15) is 30.5 Å².